The maximum absolute atomic E-state index is 13.8. The van der Waals surface area contributed by atoms with Gasteiger partial charge in [-0.2, -0.15) is 0 Å². The summed E-state index contributed by atoms with van der Waals surface area (Å²) in [4.78, 5) is 30.3. The van der Waals surface area contributed by atoms with Crippen molar-refractivity contribution in [2.75, 3.05) is 13.6 Å². The first kappa shape index (κ1) is 25.8. The normalized spacial score (nSPS) is 18.7. The lowest BCUT2D eigenvalue weighted by atomic mass is 9.72. The van der Waals surface area contributed by atoms with Crippen LogP contribution in [0.4, 0.5) is 4.79 Å². The fourth-order valence-corrected chi connectivity index (χ4v) is 4.76. The minimum Gasteiger partial charge on any atom is -0.469 e. The van der Waals surface area contributed by atoms with Crippen molar-refractivity contribution in [3.05, 3.63) is 65.7 Å². The quantitative estimate of drug-likeness (QED) is 0.443. The number of benzene rings is 2. The number of hydrogen-bond donors (Lipinski definition) is 1. The Morgan fingerprint density at radius 1 is 1.03 bits per heavy atom. The molecule has 1 fully saturated rings. The number of nitrogens with one attached hydrogen (secondary N) is 1. The van der Waals surface area contributed by atoms with Crippen LogP contribution in [-0.4, -0.2) is 41.6 Å². The molecule has 3 atom stereocenters. The predicted molar refractivity (Wildman–Crippen MR) is 135 cm³/mol. The highest BCUT2D eigenvalue weighted by Crippen LogP contribution is 2.47. The summed E-state index contributed by atoms with van der Waals surface area (Å²) in [5.74, 6) is 0.515. The third kappa shape index (κ3) is 4.69. The van der Waals surface area contributed by atoms with Gasteiger partial charge in [0.25, 0.3) is 0 Å². The second-order valence-electron chi connectivity index (χ2n) is 9.15. The summed E-state index contributed by atoms with van der Waals surface area (Å²) in [7, 11) is 1.92. The molecule has 0 saturated carbocycles. The van der Waals surface area contributed by atoms with Gasteiger partial charge in [0.1, 0.15) is 11.2 Å². The van der Waals surface area contributed by atoms with Crippen LogP contribution in [0.25, 0.3) is 0 Å². The van der Waals surface area contributed by atoms with Crippen molar-refractivity contribution >= 4 is 11.9 Å². The van der Waals surface area contributed by atoms with E-state index in [1.165, 1.54) is 4.90 Å². The van der Waals surface area contributed by atoms with Gasteiger partial charge in [0.05, 0.1) is 6.04 Å². The maximum atomic E-state index is 13.8. The molecule has 0 spiro atoms. The number of carbonyl (C=O) groups excluding carboxylic acids is 2. The Hall–Kier alpha value is -2.86. The molecule has 2 aromatic rings. The summed E-state index contributed by atoms with van der Waals surface area (Å²) in [5, 5.41) is 3.23. The van der Waals surface area contributed by atoms with E-state index in [0.29, 0.717) is 25.1 Å². The highest BCUT2D eigenvalue weighted by atomic mass is 16.5. The molecular weight excluding hydrogens is 426 g/mol. The third-order valence-corrected chi connectivity index (χ3v) is 7.34. The van der Waals surface area contributed by atoms with Crippen molar-refractivity contribution in [2.24, 2.45) is 5.41 Å². The molecule has 0 aromatic heterocycles. The van der Waals surface area contributed by atoms with Crippen LogP contribution in [0.3, 0.4) is 0 Å². The summed E-state index contributed by atoms with van der Waals surface area (Å²) in [6.45, 7) is 10.7. The minimum atomic E-state index is -0.694. The van der Waals surface area contributed by atoms with Gasteiger partial charge in [-0.3, -0.25) is 4.79 Å². The predicted octanol–water partition coefficient (Wildman–Crippen LogP) is 5.91. The molecular formula is C28H39N3O3. The monoisotopic (exact) mass is 465 g/mol. The van der Waals surface area contributed by atoms with Crippen LogP contribution >= 0.6 is 0 Å². The van der Waals surface area contributed by atoms with Crippen LogP contribution in [0.1, 0.15) is 77.1 Å². The van der Waals surface area contributed by atoms with Crippen molar-refractivity contribution in [1.29, 1.82) is 0 Å². The lowest BCUT2D eigenvalue weighted by Crippen LogP contribution is -2.74. The van der Waals surface area contributed by atoms with Crippen LogP contribution in [-0.2, 0) is 4.79 Å². The van der Waals surface area contributed by atoms with Gasteiger partial charge in [0.15, 0.2) is 6.23 Å². The molecule has 34 heavy (non-hydrogen) atoms. The SMILES string of the molecule is CCCN(C(=O)N1C(=O)C(CC)(CC)[C@@H]1Oc1ccc(C(C)NC)cc1)[C@H](C)c1ccccc1. The highest BCUT2D eigenvalue weighted by molar-refractivity contribution is 6.03. The van der Waals surface area contributed by atoms with Crippen molar-refractivity contribution < 1.29 is 14.3 Å². The number of ether oxygens (including phenoxy) is 1. The molecule has 2 aromatic carbocycles. The summed E-state index contributed by atoms with van der Waals surface area (Å²) in [6, 6.07) is 17.6. The van der Waals surface area contributed by atoms with E-state index in [9.17, 15) is 9.59 Å². The first-order chi connectivity index (χ1) is 16.3. The maximum Gasteiger partial charge on any atom is 0.330 e. The molecule has 0 aliphatic carbocycles. The molecule has 6 nitrogen and oxygen atoms in total. The molecule has 1 aliphatic heterocycles. The molecule has 1 N–H and O–H groups in total. The molecule has 1 aliphatic rings. The topological polar surface area (TPSA) is 61.9 Å². The van der Waals surface area contributed by atoms with E-state index < -0.39 is 11.6 Å². The Balaban J connectivity index is 1.89. The van der Waals surface area contributed by atoms with E-state index in [-0.39, 0.29) is 24.0 Å². The number of urea groups is 1. The first-order valence-corrected chi connectivity index (χ1v) is 12.5. The second-order valence-corrected chi connectivity index (χ2v) is 9.15. The van der Waals surface area contributed by atoms with Gasteiger partial charge in [-0.05, 0) is 63.4 Å². The summed E-state index contributed by atoms with van der Waals surface area (Å²) < 4.78 is 6.37. The smallest absolute Gasteiger partial charge is 0.330 e. The molecule has 1 unspecified atom stereocenters. The lowest BCUT2D eigenvalue weighted by molar-refractivity contribution is -0.192. The molecule has 184 valence electrons. The zero-order chi connectivity index (χ0) is 24.9. The van der Waals surface area contributed by atoms with Crippen LogP contribution < -0.4 is 10.1 Å². The van der Waals surface area contributed by atoms with Crippen molar-refractivity contribution in [2.45, 2.75) is 72.2 Å². The Labute approximate surface area is 204 Å². The van der Waals surface area contributed by atoms with Crippen molar-refractivity contribution in [3.8, 4) is 5.75 Å². The van der Waals surface area contributed by atoms with E-state index in [0.717, 1.165) is 17.5 Å². The first-order valence-electron chi connectivity index (χ1n) is 12.5. The number of amides is 3. The zero-order valence-electron chi connectivity index (χ0n) is 21.4. The molecule has 3 rings (SSSR count). The van der Waals surface area contributed by atoms with E-state index in [1.54, 1.807) is 4.90 Å². The molecule has 0 bridgehead atoms. The average Bonchev–Trinajstić information content (AvgIpc) is 2.88. The van der Waals surface area contributed by atoms with Gasteiger partial charge in [0, 0.05) is 12.6 Å². The Morgan fingerprint density at radius 3 is 2.18 bits per heavy atom. The fraction of sp³-hybridized carbons (Fsp3) is 0.500. The molecule has 1 saturated heterocycles. The van der Waals surface area contributed by atoms with Gasteiger partial charge in [-0.25, -0.2) is 9.69 Å². The number of nitrogens with zero attached hydrogens (tertiary/aromatic N) is 2. The lowest BCUT2D eigenvalue weighted by Gasteiger charge is -2.54. The van der Waals surface area contributed by atoms with E-state index in [4.69, 9.17) is 4.74 Å². The van der Waals surface area contributed by atoms with Gasteiger partial charge in [-0.15, -0.1) is 0 Å². The second kappa shape index (κ2) is 11.0. The molecule has 0 radical (unpaired) electrons. The van der Waals surface area contributed by atoms with E-state index in [1.807, 2.05) is 89.3 Å². The number of likely N-dealkylation sites (tertiary alicyclic amines) is 1. The minimum absolute atomic E-state index is 0.144. The Bertz CT molecular complexity index is 957. The fourth-order valence-electron chi connectivity index (χ4n) is 4.76. The van der Waals surface area contributed by atoms with E-state index >= 15 is 0 Å². The summed E-state index contributed by atoms with van der Waals surface area (Å²) in [5.41, 5.74) is 1.50. The van der Waals surface area contributed by atoms with Gasteiger partial charge in [-0.1, -0.05) is 63.2 Å². The van der Waals surface area contributed by atoms with E-state index in [2.05, 4.69) is 12.2 Å². The Morgan fingerprint density at radius 2 is 1.65 bits per heavy atom. The van der Waals surface area contributed by atoms with Crippen LogP contribution in [0.2, 0.25) is 0 Å². The average molecular weight is 466 g/mol. The molecule has 1 heterocycles. The number of imide groups is 1. The summed E-state index contributed by atoms with van der Waals surface area (Å²) >= 11 is 0. The van der Waals surface area contributed by atoms with Crippen molar-refractivity contribution in [1.82, 2.24) is 15.1 Å². The third-order valence-electron chi connectivity index (χ3n) is 7.34. The van der Waals surface area contributed by atoms with Crippen molar-refractivity contribution in [3.63, 3.8) is 0 Å². The number of rotatable bonds is 10. The number of carbonyl (C=O) groups is 2. The van der Waals surface area contributed by atoms with Gasteiger partial charge < -0.3 is 15.0 Å². The summed E-state index contributed by atoms with van der Waals surface area (Å²) in [6.07, 6.45) is 1.41. The van der Waals surface area contributed by atoms with Gasteiger partial charge >= 0.3 is 6.03 Å². The number of hydrogen-bond acceptors (Lipinski definition) is 4. The highest BCUT2D eigenvalue weighted by Gasteiger charge is 2.63. The van der Waals surface area contributed by atoms with Crippen LogP contribution in [0, 0.1) is 5.41 Å². The van der Waals surface area contributed by atoms with Crippen LogP contribution in [0.15, 0.2) is 54.6 Å². The molecule has 3 amide bonds. The number of β-lactam (4-membered cyclic amide) rings is 1. The largest absolute Gasteiger partial charge is 0.469 e. The standard InChI is InChI=1S/C28H39N3O3/c1-7-19-30(21(5)23-13-11-10-12-14-23)27(33)31-25(32)28(8-2,9-3)26(31)34-24-17-15-22(16-18-24)20(4)29-6/h10-18,20-21,26,29H,7-9,19H2,1-6H3/t20?,21-,26+/m1/s1. The van der Waals surface area contributed by atoms with Crippen LogP contribution in [0.5, 0.6) is 5.75 Å². The van der Waals surface area contributed by atoms with Gasteiger partial charge in [0.2, 0.25) is 5.91 Å². The Kier molecular flexibility index (Phi) is 8.37. The zero-order valence-corrected chi connectivity index (χ0v) is 21.4. The molecule has 6 heteroatoms.